The number of aliphatic hydroxyl groups is 1. The Balaban J connectivity index is 1.70. The van der Waals surface area contributed by atoms with Crippen molar-refractivity contribution in [3.8, 4) is 0 Å². The molecule has 0 saturated carbocycles. The molecule has 0 bridgehead atoms. The van der Waals surface area contributed by atoms with Crippen molar-refractivity contribution in [1.29, 1.82) is 0 Å². The number of nitrogens with zero attached hydrogens (tertiary/aromatic N) is 5. The number of hydrogen-bond acceptors (Lipinski definition) is 7. The van der Waals surface area contributed by atoms with Crippen LogP contribution < -0.4 is 10.6 Å². The summed E-state index contributed by atoms with van der Waals surface area (Å²) in [5, 5.41) is 19.2. The van der Waals surface area contributed by atoms with E-state index < -0.39 is 5.82 Å². The number of hydrogen-bond donors (Lipinski definition) is 3. The monoisotopic (exact) mass is 363 g/mol. The first-order valence-corrected chi connectivity index (χ1v) is 7.79. The van der Waals surface area contributed by atoms with Crippen LogP contribution >= 0.6 is 11.6 Å². The maximum atomic E-state index is 13.6. The average Bonchev–Trinajstić information content (AvgIpc) is 3.04. The number of nitrogens with one attached hydrogen (secondary N) is 2. The summed E-state index contributed by atoms with van der Waals surface area (Å²) in [6.07, 6.45) is 6.25. The Labute approximate surface area is 147 Å². The van der Waals surface area contributed by atoms with Gasteiger partial charge >= 0.3 is 0 Å². The lowest BCUT2D eigenvalue weighted by Crippen LogP contribution is -2.07. The number of anilines is 3. The van der Waals surface area contributed by atoms with E-state index in [2.05, 4.69) is 30.7 Å². The van der Waals surface area contributed by atoms with E-state index in [1.807, 2.05) is 0 Å². The first-order valence-electron chi connectivity index (χ1n) is 7.42. The minimum Gasteiger partial charge on any atom is -0.394 e. The number of pyridine rings is 1. The lowest BCUT2D eigenvalue weighted by molar-refractivity contribution is 0.269. The molecule has 0 aliphatic carbocycles. The van der Waals surface area contributed by atoms with Crippen molar-refractivity contribution in [2.45, 2.75) is 13.1 Å². The maximum absolute atomic E-state index is 13.6. The number of halogens is 2. The molecule has 3 aromatic heterocycles. The van der Waals surface area contributed by atoms with Gasteiger partial charge in [0.1, 0.15) is 10.8 Å². The molecule has 0 aliphatic rings. The van der Waals surface area contributed by atoms with Gasteiger partial charge in [0.25, 0.3) is 0 Å². The van der Waals surface area contributed by atoms with Gasteiger partial charge in [0.2, 0.25) is 5.95 Å². The second kappa shape index (κ2) is 7.86. The maximum Gasteiger partial charge on any atom is 0.229 e. The molecule has 0 unspecified atom stereocenters. The first-order chi connectivity index (χ1) is 12.2. The van der Waals surface area contributed by atoms with E-state index in [4.69, 9.17) is 16.7 Å². The molecule has 0 aliphatic heterocycles. The molecule has 0 atom stereocenters. The highest BCUT2D eigenvalue weighted by Crippen LogP contribution is 2.22. The molecular weight excluding hydrogens is 349 g/mol. The minimum absolute atomic E-state index is 0.00326. The molecule has 3 aromatic rings. The topological polar surface area (TPSA) is 101 Å². The molecule has 10 heteroatoms. The lowest BCUT2D eigenvalue weighted by atomic mass is 10.3. The second-order valence-electron chi connectivity index (χ2n) is 5.02. The first kappa shape index (κ1) is 17.1. The fourth-order valence-electron chi connectivity index (χ4n) is 2.05. The molecule has 3 heterocycles. The van der Waals surface area contributed by atoms with Crippen LogP contribution in [-0.2, 0) is 13.1 Å². The van der Waals surface area contributed by atoms with Gasteiger partial charge in [-0.15, -0.1) is 0 Å². The van der Waals surface area contributed by atoms with Crippen LogP contribution in [0.15, 0.2) is 36.9 Å². The van der Waals surface area contributed by atoms with Crippen LogP contribution in [0, 0.1) is 5.82 Å². The van der Waals surface area contributed by atoms with Crippen molar-refractivity contribution in [2.75, 3.05) is 17.2 Å². The standard InChI is InChI=1S/C15H15ClFN7O/c16-11-7-20-15(22-10-6-21-24(9-10)4-5-25)23-14(11)19-8-13-12(17)2-1-3-18-13/h1-3,6-7,9,25H,4-5,8H2,(H2,19,20,22,23). The Bertz CT molecular complexity index is 857. The highest BCUT2D eigenvalue weighted by atomic mass is 35.5. The van der Waals surface area contributed by atoms with E-state index in [0.717, 1.165) is 0 Å². The second-order valence-corrected chi connectivity index (χ2v) is 5.42. The number of aliphatic hydroxyl groups excluding tert-OH is 1. The third-order valence-electron chi connectivity index (χ3n) is 3.22. The van der Waals surface area contributed by atoms with E-state index in [9.17, 15) is 4.39 Å². The Hall–Kier alpha value is -2.78. The Morgan fingerprint density at radius 3 is 2.96 bits per heavy atom. The zero-order valence-electron chi connectivity index (χ0n) is 13.0. The Morgan fingerprint density at radius 2 is 2.16 bits per heavy atom. The zero-order chi connectivity index (χ0) is 17.6. The van der Waals surface area contributed by atoms with Crippen molar-refractivity contribution in [2.24, 2.45) is 0 Å². The lowest BCUT2D eigenvalue weighted by Gasteiger charge is -2.09. The fraction of sp³-hybridized carbons (Fsp3) is 0.200. The van der Waals surface area contributed by atoms with Gasteiger partial charge in [-0.2, -0.15) is 10.1 Å². The normalized spacial score (nSPS) is 10.7. The van der Waals surface area contributed by atoms with E-state index in [1.165, 1.54) is 24.5 Å². The van der Waals surface area contributed by atoms with Crippen molar-refractivity contribution < 1.29 is 9.50 Å². The molecule has 0 aromatic carbocycles. The summed E-state index contributed by atoms with van der Waals surface area (Å²) >= 11 is 6.08. The molecule has 0 amide bonds. The quantitative estimate of drug-likeness (QED) is 0.591. The van der Waals surface area contributed by atoms with Crippen LogP contribution in [0.4, 0.5) is 21.8 Å². The highest BCUT2D eigenvalue weighted by Gasteiger charge is 2.09. The molecule has 25 heavy (non-hydrogen) atoms. The SMILES string of the molecule is OCCn1cc(Nc2ncc(Cl)c(NCc3ncccc3F)n2)cn1. The summed E-state index contributed by atoms with van der Waals surface area (Å²) in [5.74, 6) is 0.249. The summed E-state index contributed by atoms with van der Waals surface area (Å²) < 4.78 is 15.2. The van der Waals surface area contributed by atoms with Crippen molar-refractivity contribution in [1.82, 2.24) is 24.7 Å². The Morgan fingerprint density at radius 1 is 1.28 bits per heavy atom. The van der Waals surface area contributed by atoms with E-state index in [1.54, 1.807) is 17.1 Å². The third kappa shape index (κ3) is 4.40. The van der Waals surface area contributed by atoms with Gasteiger partial charge in [0.15, 0.2) is 5.82 Å². The van der Waals surface area contributed by atoms with Gasteiger partial charge in [-0.25, -0.2) is 9.37 Å². The van der Waals surface area contributed by atoms with Crippen LogP contribution in [0.2, 0.25) is 5.02 Å². The van der Waals surface area contributed by atoms with Gasteiger partial charge in [-0.05, 0) is 12.1 Å². The summed E-state index contributed by atoms with van der Waals surface area (Å²) in [7, 11) is 0. The zero-order valence-corrected chi connectivity index (χ0v) is 13.8. The van der Waals surface area contributed by atoms with Crippen molar-refractivity contribution >= 4 is 29.1 Å². The van der Waals surface area contributed by atoms with Crippen LogP contribution in [-0.4, -0.2) is 36.4 Å². The van der Waals surface area contributed by atoms with E-state index in [0.29, 0.717) is 29.0 Å². The van der Waals surface area contributed by atoms with Crippen LogP contribution in [0.3, 0.4) is 0 Å². The summed E-state index contributed by atoms with van der Waals surface area (Å²) in [5.41, 5.74) is 0.925. The van der Waals surface area contributed by atoms with Gasteiger partial charge < -0.3 is 15.7 Å². The van der Waals surface area contributed by atoms with Crippen LogP contribution in [0.25, 0.3) is 0 Å². The minimum atomic E-state index is -0.408. The Kier molecular flexibility index (Phi) is 5.36. The molecule has 0 radical (unpaired) electrons. The summed E-state index contributed by atoms with van der Waals surface area (Å²) in [6, 6.07) is 2.86. The number of rotatable bonds is 7. The van der Waals surface area contributed by atoms with Gasteiger partial charge in [-0.1, -0.05) is 11.6 Å². The van der Waals surface area contributed by atoms with E-state index in [-0.39, 0.29) is 18.8 Å². The molecular formula is C15H15ClFN7O. The fourth-order valence-corrected chi connectivity index (χ4v) is 2.21. The van der Waals surface area contributed by atoms with Gasteiger partial charge in [-0.3, -0.25) is 9.67 Å². The molecule has 130 valence electrons. The van der Waals surface area contributed by atoms with Gasteiger partial charge in [0, 0.05) is 12.4 Å². The smallest absolute Gasteiger partial charge is 0.229 e. The van der Waals surface area contributed by atoms with Crippen LogP contribution in [0.1, 0.15) is 5.69 Å². The largest absolute Gasteiger partial charge is 0.394 e. The van der Waals surface area contributed by atoms with Gasteiger partial charge in [0.05, 0.1) is 43.5 Å². The molecule has 3 N–H and O–H groups in total. The third-order valence-corrected chi connectivity index (χ3v) is 3.50. The molecule has 8 nitrogen and oxygen atoms in total. The highest BCUT2D eigenvalue weighted by molar-refractivity contribution is 6.32. The number of aromatic nitrogens is 5. The van der Waals surface area contributed by atoms with Crippen molar-refractivity contribution in [3.63, 3.8) is 0 Å². The molecule has 3 rings (SSSR count). The predicted molar refractivity (Wildman–Crippen MR) is 91.2 cm³/mol. The predicted octanol–water partition coefficient (Wildman–Crippen LogP) is 2.21. The summed E-state index contributed by atoms with van der Waals surface area (Å²) in [4.78, 5) is 12.3. The molecule has 0 saturated heterocycles. The molecule has 0 spiro atoms. The summed E-state index contributed by atoms with van der Waals surface area (Å²) in [6.45, 7) is 0.527. The van der Waals surface area contributed by atoms with Crippen molar-refractivity contribution in [3.05, 3.63) is 53.5 Å². The molecule has 0 fully saturated rings. The van der Waals surface area contributed by atoms with E-state index >= 15 is 0 Å². The average molecular weight is 364 g/mol. The van der Waals surface area contributed by atoms with Crippen LogP contribution in [0.5, 0.6) is 0 Å².